The molecule has 0 radical (unpaired) electrons. The fourth-order valence-corrected chi connectivity index (χ4v) is 2.31. The van der Waals surface area contributed by atoms with Crippen LogP contribution in [0, 0.1) is 5.92 Å². The van der Waals surface area contributed by atoms with E-state index in [2.05, 4.69) is 18.9 Å². The fourth-order valence-electron chi connectivity index (χ4n) is 2.31. The first-order valence-corrected chi connectivity index (χ1v) is 5.99. The number of H-pyrrole nitrogens is 1. The van der Waals surface area contributed by atoms with Crippen molar-refractivity contribution >= 4 is 0 Å². The highest BCUT2D eigenvalue weighted by atomic mass is 16.1. The molecule has 1 aliphatic carbocycles. The Bertz CT molecular complexity index is 387. The average Bonchev–Trinajstić information content (AvgIpc) is 2.40. The number of aryl methyl sites for hydroxylation is 1. The molecule has 0 spiro atoms. The second-order valence-electron chi connectivity index (χ2n) is 4.94. The van der Waals surface area contributed by atoms with E-state index in [1.54, 1.807) is 4.68 Å². The molecule has 84 valence electrons. The number of fused-ring (bicyclic) bond motifs is 1. The maximum atomic E-state index is 12.0. The predicted molar refractivity (Wildman–Crippen MR) is 61.1 cm³/mol. The van der Waals surface area contributed by atoms with Gasteiger partial charge in [0.05, 0.1) is 0 Å². The molecule has 1 aromatic rings. The quantitative estimate of drug-likeness (QED) is 0.743. The van der Waals surface area contributed by atoms with E-state index >= 15 is 0 Å². The van der Waals surface area contributed by atoms with Crippen LogP contribution in [0.4, 0.5) is 0 Å². The first-order valence-electron chi connectivity index (χ1n) is 5.99. The molecule has 0 atom stereocenters. The summed E-state index contributed by atoms with van der Waals surface area (Å²) in [4.78, 5) is 12.0. The van der Waals surface area contributed by atoms with Gasteiger partial charge in [-0.15, -0.1) is 0 Å². The first kappa shape index (κ1) is 10.5. The molecule has 0 fully saturated rings. The topological polar surface area (TPSA) is 37.8 Å². The lowest BCUT2D eigenvalue weighted by Crippen LogP contribution is -2.21. The van der Waals surface area contributed by atoms with Crippen molar-refractivity contribution in [3.8, 4) is 0 Å². The van der Waals surface area contributed by atoms with Crippen LogP contribution in [-0.4, -0.2) is 9.78 Å². The predicted octanol–water partition coefficient (Wildman–Crippen LogP) is 2.10. The number of aromatic amines is 1. The summed E-state index contributed by atoms with van der Waals surface area (Å²) in [6.45, 7) is 5.09. The minimum absolute atomic E-state index is 0.223. The standard InChI is InChI=1S/C12H20N2O/c1-9(2)8-14-12(15)10-6-4-3-5-7-11(10)13-14/h9,13H,3-8H2,1-2H3. The highest BCUT2D eigenvalue weighted by Gasteiger charge is 2.16. The zero-order valence-corrected chi connectivity index (χ0v) is 9.68. The van der Waals surface area contributed by atoms with Crippen molar-refractivity contribution in [1.82, 2.24) is 9.78 Å². The second kappa shape index (κ2) is 4.25. The normalized spacial score (nSPS) is 16.5. The van der Waals surface area contributed by atoms with Gasteiger partial charge < -0.3 is 0 Å². The monoisotopic (exact) mass is 208 g/mol. The highest BCUT2D eigenvalue weighted by Crippen LogP contribution is 2.16. The van der Waals surface area contributed by atoms with Gasteiger partial charge in [-0.05, 0) is 31.6 Å². The van der Waals surface area contributed by atoms with Crippen molar-refractivity contribution in [3.63, 3.8) is 0 Å². The van der Waals surface area contributed by atoms with E-state index in [0.717, 1.165) is 24.9 Å². The van der Waals surface area contributed by atoms with E-state index in [1.165, 1.54) is 25.0 Å². The molecule has 1 heterocycles. The van der Waals surface area contributed by atoms with E-state index in [9.17, 15) is 4.79 Å². The highest BCUT2D eigenvalue weighted by molar-refractivity contribution is 5.19. The van der Waals surface area contributed by atoms with Crippen LogP contribution >= 0.6 is 0 Å². The maximum absolute atomic E-state index is 12.0. The van der Waals surface area contributed by atoms with Crippen LogP contribution in [0.1, 0.15) is 44.4 Å². The molecule has 1 aliphatic rings. The molecule has 15 heavy (non-hydrogen) atoms. The molecule has 0 aliphatic heterocycles. The molecule has 0 unspecified atom stereocenters. The van der Waals surface area contributed by atoms with Gasteiger partial charge in [0.25, 0.3) is 5.56 Å². The van der Waals surface area contributed by atoms with Gasteiger partial charge in [0.1, 0.15) is 0 Å². The molecular formula is C12H20N2O. The minimum Gasteiger partial charge on any atom is -0.299 e. The summed E-state index contributed by atoms with van der Waals surface area (Å²) in [7, 11) is 0. The maximum Gasteiger partial charge on any atom is 0.269 e. The third kappa shape index (κ3) is 2.16. The van der Waals surface area contributed by atoms with Crippen LogP contribution in [-0.2, 0) is 19.4 Å². The third-order valence-corrected chi connectivity index (χ3v) is 3.04. The van der Waals surface area contributed by atoms with E-state index in [-0.39, 0.29) is 5.56 Å². The largest absolute Gasteiger partial charge is 0.299 e. The summed E-state index contributed by atoms with van der Waals surface area (Å²) in [6, 6.07) is 0. The number of hydrogen-bond acceptors (Lipinski definition) is 1. The summed E-state index contributed by atoms with van der Waals surface area (Å²) < 4.78 is 1.79. The fraction of sp³-hybridized carbons (Fsp3) is 0.750. The molecule has 0 bridgehead atoms. The summed E-state index contributed by atoms with van der Waals surface area (Å²) in [5, 5.41) is 3.28. The summed E-state index contributed by atoms with van der Waals surface area (Å²) >= 11 is 0. The zero-order chi connectivity index (χ0) is 10.8. The molecule has 0 amide bonds. The Balaban J connectivity index is 2.32. The SMILES string of the molecule is CC(C)Cn1[nH]c2c(c1=O)CCCCC2. The Labute approximate surface area is 90.5 Å². The molecule has 0 saturated carbocycles. The Kier molecular flexibility index (Phi) is 2.98. The molecule has 1 N–H and O–H groups in total. The molecule has 1 aromatic heterocycles. The van der Waals surface area contributed by atoms with Gasteiger partial charge in [0.2, 0.25) is 0 Å². The van der Waals surface area contributed by atoms with E-state index in [0.29, 0.717) is 5.92 Å². The van der Waals surface area contributed by atoms with Gasteiger partial charge in [-0.3, -0.25) is 14.6 Å². The van der Waals surface area contributed by atoms with Crippen LogP contribution in [0.3, 0.4) is 0 Å². The number of nitrogens with one attached hydrogen (secondary N) is 1. The summed E-state index contributed by atoms with van der Waals surface area (Å²) in [6.07, 6.45) is 5.66. The van der Waals surface area contributed by atoms with Crippen LogP contribution in [0.15, 0.2) is 4.79 Å². The zero-order valence-electron chi connectivity index (χ0n) is 9.68. The molecule has 3 nitrogen and oxygen atoms in total. The van der Waals surface area contributed by atoms with Crippen molar-refractivity contribution in [1.29, 1.82) is 0 Å². The molecular weight excluding hydrogens is 188 g/mol. The number of nitrogens with zero attached hydrogens (tertiary/aromatic N) is 1. The van der Waals surface area contributed by atoms with Crippen molar-refractivity contribution < 1.29 is 0 Å². The molecule has 2 rings (SSSR count). The summed E-state index contributed by atoms with van der Waals surface area (Å²) in [5.41, 5.74) is 2.46. The van der Waals surface area contributed by atoms with Gasteiger partial charge in [0, 0.05) is 17.8 Å². The Hall–Kier alpha value is -0.990. The van der Waals surface area contributed by atoms with Gasteiger partial charge in [0.15, 0.2) is 0 Å². The minimum atomic E-state index is 0.223. The van der Waals surface area contributed by atoms with Crippen LogP contribution in [0.25, 0.3) is 0 Å². The van der Waals surface area contributed by atoms with E-state index in [4.69, 9.17) is 0 Å². The van der Waals surface area contributed by atoms with Crippen molar-refractivity contribution in [2.75, 3.05) is 0 Å². The van der Waals surface area contributed by atoms with E-state index in [1.807, 2.05) is 0 Å². The van der Waals surface area contributed by atoms with Gasteiger partial charge in [-0.2, -0.15) is 0 Å². The molecule has 0 saturated heterocycles. The van der Waals surface area contributed by atoms with Crippen molar-refractivity contribution in [2.45, 2.75) is 52.5 Å². The van der Waals surface area contributed by atoms with Crippen LogP contribution < -0.4 is 5.56 Å². The van der Waals surface area contributed by atoms with Gasteiger partial charge >= 0.3 is 0 Å². The first-order chi connectivity index (χ1) is 7.18. The van der Waals surface area contributed by atoms with Gasteiger partial charge in [-0.25, -0.2) is 0 Å². The van der Waals surface area contributed by atoms with Crippen molar-refractivity contribution in [2.24, 2.45) is 5.92 Å². The smallest absolute Gasteiger partial charge is 0.269 e. The van der Waals surface area contributed by atoms with Gasteiger partial charge in [-0.1, -0.05) is 20.3 Å². The molecule has 3 heteroatoms. The number of hydrogen-bond donors (Lipinski definition) is 1. The molecule has 0 aromatic carbocycles. The van der Waals surface area contributed by atoms with Crippen molar-refractivity contribution in [3.05, 3.63) is 21.6 Å². The van der Waals surface area contributed by atoms with E-state index < -0.39 is 0 Å². The lowest BCUT2D eigenvalue weighted by atomic mass is 10.1. The Morgan fingerprint density at radius 1 is 1.27 bits per heavy atom. The number of aromatic nitrogens is 2. The lowest BCUT2D eigenvalue weighted by molar-refractivity contribution is 0.468. The lowest BCUT2D eigenvalue weighted by Gasteiger charge is -2.04. The van der Waals surface area contributed by atoms with Crippen LogP contribution in [0.2, 0.25) is 0 Å². The third-order valence-electron chi connectivity index (χ3n) is 3.04. The summed E-state index contributed by atoms with van der Waals surface area (Å²) in [5.74, 6) is 0.519. The Morgan fingerprint density at radius 3 is 2.73 bits per heavy atom. The second-order valence-corrected chi connectivity index (χ2v) is 4.94. The Morgan fingerprint density at radius 2 is 2.00 bits per heavy atom. The number of rotatable bonds is 2. The van der Waals surface area contributed by atoms with Crippen LogP contribution in [0.5, 0.6) is 0 Å². The average molecular weight is 208 g/mol.